The summed E-state index contributed by atoms with van der Waals surface area (Å²) in [5, 5.41) is 0.600. The first kappa shape index (κ1) is 14.1. The molecule has 2 aromatic carbocycles. The van der Waals surface area contributed by atoms with Crippen LogP contribution in [0.5, 0.6) is 0 Å². The van der Waals surface area contributed by atoms with Gasteiger partial charge in [0.25, 0.3) is 0 Å². The van der Waals surface area contributed by atoms with Crippen LogP contribution in [0.4, 0.5) is 11.6 Å². The van der Waals surface area contributed by atoms with Crippen molar-refractivity contribution >= 4 is 23.2 Å². The lowest BCUT2D eigenvalue weighted by Gasteiger charge is -2.09. The third-order valence-electron chi connectivity index (χ3n) is 2.90. The second-order valence-corrected chi connectivity index (χ2v) is 4.86. The Labute approximate surface area is 131 Å². The molecule has 0 amide bonds. The van der Waals surface area contributed by atoms with Gasteiger partial charge in [-0.3, -0.25) is 15.4 Å². The maximum absolute atomic E-state index is 12.0. The summed E-state index contributed by atoms with van der Waals surface area (Å²) in [5.74, 6) is 0.194. The number of rotatable bonds is 4. The molecule has 0 aliphatic carbocycles. The van der Waals surface area contributed by atoms with Crippen LogP contribution < -0.4 is 16.5 Å². The molecule has 0 atom stereocenters. The van der Waals surface area contributed by atoms with Gasteiger partial charge in [0.2, 0.25) is 5.95 Å². The van der Waals surface area contributed by atoms with E-state index in [1.54, 1.807) is 24.3 Å². The van der Waals surface area contributed by atoms with Gasteiger partial charge in [0.05, 0.1) is 11.4 Å². The highest BCUT2D eigenvalue weighted by molar-refractivity contribution is 6.30. The predicted octanol–water partition coefficient (Wildman–Crippen LogP) is 2.72. The lowest BCUT2D eigenvalue weighted by Crippen LogP contribution is -2.24. The standard InChI is InChI=1S/C15H12ClN5O/c16-11-6-8-13(9-7-11)21-10-17-14(18-15(21)22)20-19-12-4-2-1-3-5-12/h1-10,19H,(H,18,20,22). The van der Waals surface area contributed by atoms with Gasteiger partial charge in [-0.15, -0.1) is 0 Å². The Kier molecular flexibility index (Phi) is 4.02. The summed E-state index contributed by atoms with van der Waals surface area (Å²) in [4.78, 5) is 20.0. The molecule has 0 aliphatic heterocycles. The van der Waals surface area contributed by atoms with E-state index in [0.717, 1.165) is 5.69 Å². The molecule has 3 rings (SSSR count). The van der Waals surface area contributed by atoms with E-state index >= 15 is 0 Å². The summed E-state index contributed by atoms with van der Waals surface area (Å²) in [5.41, 5.74) is 6.75. The van der Waals surface area contributed by atoms with E-state index in [2.05, 4.69) is 20.8 Å². The number of nitrogens with one attached hydrogen (secondary N) is 2. The summed E-state index contributed by atoms with van der Waals surface area (Å²) in [6, 6.07) is 16.3. The van der Waals surface area contributed by atoms with Crippen LogP contribution in [0, 0.1) is 0 Å². The van der Waals surface area contributed by atoms with Gasteiger partial charge in [0.1, 0.15) is 6.33 Å². The summed E-state index contributed by atoms with van der Waals surface area (Å²) in [6.07, 6.45) is 1.41. The Bertz CT molecular complexity index is 817. The molecule has 110 valence electrons. The van der Waals surface area contributed by atoms with E-state index in [-0.39, 0.29) is 5.95 Å². The Hall–Kier alpha value is -2.86. The van der Waals surface area contributed by atoms with Gasteiger partial charge < -0.3 is 0 Å². The zero-order chi connectivity index (χ0) is 15.4. The number of aromatic nitrogens is 3. The molecular formula is C15H12ClN5O. The van der Waals surface area contributed by atoms with Crippen molar-refractivity contribution in [3.63, 3.8) is 0 Å². The molecule has 1 aromatic heterocycles. The van der Waals surface area contributed by atoms with Crippen molar-refractivity contribution < 1.29 is 0 Å². The molecule has 0 unspecified atom stereocenters. The van der Waals surface area contributed by atoms with Gasteiger partial charge in [-0.25, -0.2) is 9.78 Å². The fourth-order valence-electron chi connectivity index (χ4n) is 1.82. The van der Waals surface area contributed by atoms with Crippen LogP contribution in [0.15, 0.2) is 65.7 Å². The molecule has 0 spiro atoms. The summed E-state index contributed by atoms with van der Waals surface area (Å²) >= 11 is 5.83. The minimum absolute atomic E-state index is 0.194. The van der Waals surface area contributed by atoms with Crippen molar-refractivity contribution in [2.75, 3.05) is 10.9 Å². The monoisotopic (exact) mass is 313 g/mol. The van der Waals surface area contributed by atoms with Crippen LogP contribution in [0.25, 0.3) is 5.69 Å². The molecule has 0 bridgehead atoms. The highest BCUT2D eigenvalue weighted by atomic mass is 35.5. The highest BCUT2D eigenvalue weighted by Crippen LogP contribution is 2.11. The lowest BCUT2D eigenvalue weighted by atomic mass is 10.3. The van der Waals surface area contributed by atoms with E-state index in [1.807, 2.05) is 30.3 Å². The molecule has 0 fully saturated rings. The first-order valence-corrected chi connectivity index (χ1v) is 6.89. The van der Waals surface area contributed by atoms with Crippen LogP contribution in [0.1, 0.15) is 0 Å². The minimum Gasteiger partial charge on any atom is -0.298 e. The molecule has 22 heavy (non-hydrogen) atoms. The van der Waals surface area contributed by atoms with Crippen LogP contribution in [0.2, 0.25) is 5.02 Å². The van der Waals surface area contributed by atoms with Crippen LogP contribution >= 0.6 is 11.6 Å². The number of hydrogen-bond acceptors (Lipinski definition) is 5. The molecule has 0 saturated heterocycles. The molecule has 0 saturated carbocycles. The number of para-hydroxylation sites is 1. The largest absolute Gasteiger partial charge is 0.356 e. The van der Waals surface area contributed by atoms with Crippen molar-refractivity contribution in [3.05, 3.63) is 76.4 Å². The van der Waals surface area contributed by atoms with E-state index in [9.17, 15) is 4.79 Å². The fraction of sp³-hybridized carbons (Fsp3) is 0. The minimum atomic E-state index is -0.435. The van der Waals surface area contributed by atoms with Gasteiger partial charge in [-0.05, 0) is 36.4 Å². The Morgan fingerprint density at radius 3 is 2.36 bits per heavy atom. The van der Waals surface area contributed by atoms with E-state index < -0.39 is 5.69 Å². The SMILES string of the molecule is O=c1nc(NNc2ccccc2)ncn1-c1ccc(Cl)cc1. The van der Waals surface area contributed by atoms with Crippen LogP contribution in [0.3, 0.4) is 0 Å². The van der Waals surface area contributed by atoms with Crippen molar-refractivity contribution in [2.45, 2.75) is 0 Å². The van der Waals surface area contributed by atoms with Crippen LogP contribution in [-0.4, -0.2) is 14.5 Å². The molecule has 0 aliphatic rings. The van der Waals surface area contributed by atoms with E-state index in [1.165, 1.54) is 10.9 Å². The molecule has 1 heterocycles. The molecule has 2 N–H and O–H groups in total. The molecule has 0 radical (unpaired) electrons. The van der Waals surface area contributed by atoms with Crippen molar-refractivity contribution in [1.82, 2.24) is 14.5 Å². The molecule has 6 nitrogen and oxygen atoms in total. The van der Waals surface area contributed by atoms with Gasteiger partial charge >= 0.3 is 5.69 Å². The maximum Gasteiger partial charge on any atom is 0.356 e. The smallest absolute Gasteiger partial charge is 0.298 e. The number of anilines is 2. The number of nitrogens with zero attached hydrogens (tertiary/aromatic N) is 3. The van der Waals surface area contributed by atoms with Gasteiger partial charge in [-0.1, -0.05) is 29.8 Å². The number of benzene rings is 2. The lowest BCUT2D eigenvalue weighted by molar-refractivity contribution is 0.862. The van der Waals surface area contributed by atoms with E-state index in [0.29, 0.717) is 10.7 Å². The summed E-state index contributed by atoms with van der Waals surface area (Å²) in [6.45, 7) is 0. The summed E-state index contributed by atoms with van der Waals surface area (Å²) in [7, 11) is 0. The Morgan fingerprint density at radius 2 is 1.68 bits per heavy atom. The normalized spacial score (nSPS) is 10.2. The third-order valence-corrected chi connectivity index (χ3v) is 3.15. The zero-order valence-electron chi connectivity index (χ0n) is 11.4. The second kappa shape index (κ2) is 6.28. The molecular weight excluding hydrogens is 302 g/mol. The Balaban J connectivity index is 1.77. The fourth-order valence-corrected chi connectivity index (χ4v) is 1.95. The van der Waals surface area contributed by atoms with Gasteiger partial charge in [0.15, 0.2) is 0 Å². The van der Waals surface area contributed by atoms with Crippen molar-refractivity contribution in [3.8, 4) is 5.69 Å². The van der Waals surface area contributed by atoms with Crippen molar-refractivity contribution in [2.24, 2.45) is 0 Å². The number of halogens is 1. The first-order valence-electron chi connectivity index (χ1n) is 6.51. The van der Waals surface area contributed by atoms with Crippen LogP contribution in [-0.2, 0) is 0 Å². The quantitative estimate of drug-likeness (QED) is 0.725. The topological polar surface area (TPSA) is 71.8 Å². The number of hydrogen-bond donors (Lipinski definition) is 2. The second-order valence-electron chi connectivity index (χ2n) is 4.42. The van der Waals surface area contributed by atoms with Gasteiger partial charge in [0, 0.05) is 5.02 Å². The average molecular weight is 314 g/mol. The maximum atomic E-state index is 12.0. The van der Waals surface area contributed by atoms with Crippen molar-refractivity contribution in [1.29, 1.82) is 0 Å². The Morgan fingerprint density at radius 1 is 0.955 bits per heavy atom. The van der Waals surface area contributed by atoms with Gasteiger partial charge in [-0.2, -0.15) is 4.98 Å². The highest BCUT2D eigenvalue weighted by Gasteiger charge is 2.03. The number of hydrazine groups is 1. The third kappa shape index (κ3) is 3.24. The first-order chi connectivity index (χ1) is 10.7. The summed E-state index contributed by atoms with van der Waals surface area (Å²) < 4.78 is 1.34. The molecule has 3 aromatic rings. The molecule has 7 heteroatoms. The van der Waals surface area contributed by atoms with E-state index in [4.69, 9.17) is 11.6 Å². The average Bonchev–Trinajstić information content (AvgIpc) is 2.55. The predicted molar refractivity (Wildman–Crippen MR) is 86.3 cm³/mol. The zero-order valence-corrected chi connectivity index (χ0v) is 12.2.